The Morgan fingerprint density at radius 2 is 1.81 bits per heavy atom. The Morgan fingerprint density at radius 1 is 1.05 bits per heavy atom. The number of hydrogen-bond donors (Lipinski definition) is 5. The van der Waals surface area contributed by atoms with E-state index in [9.17, 15) is 18.4 Å². The highest BCUT2D eigenvalue weighted by Gasteiger charge is 2.44. The number of thiol groups is 2. The van der Waals surface area contributed by atoms with Crippen LogP contribution in [0.3, 0.4) is 0 Å². The van der Waals surface area contributed by atoms with Crippen LogP contribution in [0, 0.1) is 0 Å². The molecule has 4 aromatic rings. The molecule has 0 amide bonds. The summed E-state index contributed by atoms with van der Waals surface area (Å²) in [5, 5.41) is 8.09. The molecule has 6 rings (SSSR count). The number of ether oxygens (including phenoxy) is 2. The summed E-state index contributed by atoms with van der Waals surface area (Å²) in [4.78, 5) is 21.8. The number of halogens is 1. The Labute approximate surface area is 252 Å². The first-order valence-corrected chi connectivity index (χ1v) is 18.1. The topological polar surface area (TPSA) is 227 Å². The third-order valence-corrected chi connectivity index (χ3v) is 9.40. The summed E-state index contributed by atoms with van der Waals surface area (Å²) in [6, 6.07) is 5.13. The van der Waals surface area contributed by atoms with Crippen LogP contribution in [0.2, 0.25) is 0 Å². The van der Waals surface area contributed by atoms with Gasteiger partial charge in [0.2, 0.25) is 0 Å². The lowest BCUT2D eigenvalue weighted by atomic mass is 10.2. The molecule has 0 spiro atoms. The Bertz CT molecular complexity index is 1740. The van der Waals surface area contributed by atoms with Crippen LogP contribution in [-0.4, -0.2) is 77.1 Å². The maximum absolute atomic E-state index is 15.0. The van der Waals surface area contributed by atoms with Crippen LogP contribution < -0.4 is 11.5 Å². The van der Waals surface area contributed by atoms with Crippen LogP contribution in [0.25, 0.3) is 22.2 Å². The molecule has 2 fully saturated rings. The zero-order valence-corrected chi connectivity index (χ0v) is 25.5. The maximum Gasteiger partial charge on any atom is 0.386 e. The van der Waals surface area contributed by atoms with Crippen molar-refractivity contribution in [2.24, 2.45) is 0 Å². The lowest BCUT2D eigenvalue weighted by molar-refractivity contribution is -0.0434. The second-order valence-corrected chi connectivity index (χ2v) is 15.4. The zero-order chi connectivity index (χ0) is 30.5. The number of nitrogens with zero attached hydrogens (tertiary/aromatic N) is 7. The van der Waals surface area contributed by atoms with Gasteiger partial charge in [-0.1, -0.05) is 35.8 Å². The van der Waals surface area contributed by atoms with Crippen molar-refractivity contribution in [2.45, 2.75) is 49.8 Å². The van der Waals surface area contributed by atoms with Crippen molar-refractivity contribution in [3.8, 4) is 0 Å². The molecular formula is C21H26FN9O8P2S2. The van der Waals surface area contributed by atoms with Gasteiger partial charge in [-0.15, -0.1) is 5.10 Å². The van der Waals surface area contributed by atoms with Crippen LogP contribution in [0.15, 0.2) is 30.9 Å². The van der Waals surface area contributed by atoms with E-state index in [4.69, 9.17) is 34.5 Å². The monoisotopic (exact) mass is 677 g/mol. The van der Waals surface area contributed by atoms with Gasteiger partial charge in [-0.25, -0.2) is 33.2 Å². The van der Waals surface area contributed by atoms with E-state index in [2.05, 4.69) is 49.8 Å². The van der Waals surface area contributed by atoms with Gasteiger partial charge in [-0.3, -0.25) is 18.1 Å². The minimum Gasteiger partial charge on any atom is -0.397 e. The summed E-state index contributed by atoms with van der Waals surface area (Å²) in [6.07, 6.45) is -3.57. The summed E-state index contributed by atoms with van der Waals surface area (Å²) in [5.74, 6) is 0.155. The van der Waals surface area contributed by atoms with Gasteiger partial charge in [-0.2, -0.15) is 0 Å². The van der Waals surface area contributed by atoms with E-state index in [1.807, 2.05) is 0 Å². The summed E-state index contributed by atoms with van der Waals surface area (Å²) < 4.78 is 70.7. The molecule has 0 aliphatic carbocycles. The highest BCUT2D eigenvalue weighted by atomic mass is 32.7. The molecule has 0 bridgehead atoms. The van der Waals surface area contributed by atoms with E-state index in [1.165, 1.54) is 17.3 Å². The molecule has 2 saturated heterocycles. The van der Waals surface area contributed by atoms with E-state index in [-0.39, 0.29) is 18.7 Å². The Balaban J connectivity index is 1.13. The van der Waals surface area contributed by atoms with Crippen molar-refractivity contribution in [2.75, 3.05) is 24.7 Å². The summed E-state index contributed by atoms with van der Waals surface area (Å²) in [6.45, 7) is -9.28. The van der Waals surface area contributed by atoms with Crippen molar-refractivity contribution < 1.29 is 41.5 Å². The molecule has 5 heterocycles. The molecular weight excluding hydrogens is 651 g/mol. The molecule has 2 aliphatic heterocycles. The molecule has 8 atom stereocenters. The van der Waals surface area contributed by atoms with Gasteiger partial charge >= 0.3 is 13.6 Å². The number of hydrogen-bond acceptors (Lipinski definition) is 14. The van der Waals surface area contributed by atoms with Crippen LogP contribution in [0.4, 0.5) is 15.9 Å². The fourth-order valence-electron chi connectivity index (χ4n) is 4.94. The number of benzene rings is 1. The fraction of sp³-hybridized carbons (Fsp3) is 0.476. The summed E-state index contributed by atoms with van der Waals surface area (Å²) >= 11 is 7.59. The molecule has 2 aliphatic rings. The Morgan fingerprint density at radius 3 is 2.60 bits per heavy atom. The van der Waals surface area contributed by atoms with Crippen LogP contribution in [0.5, 0.6) is 0 Å². The molecule has 232 valence electrons. The molecule has 1 aromatic carbocycles. The lowest BCUT2D eigenvalue weighted by Crippen LogP contribution is -2.28. The smallest absolute Gasteiger partial charge is 0.386 e. The normalized spacial score (nSPS) is 28.8. The van der Waals surface area contributed by atoms with Crippen molar-refractivity contribution in [1.82, 2.24) is 34.5 Å². The van der Waals surface area contributed by atoms with Gasteiger partial charge in [0.25, 0.3) is 0 Å². The number of aromatic nitrogens is 7. The first-order valence-electron chi connectivity index (χ1n) is 12.7. The van der Waals surface area contributed by atoms with E-state index < -0.39 is 63.7 Å². The summed E-state index contributed by atoms with van der Waals surface area (Å²) in [7, 11) is 0. The molecule has 2 unspecified atom stereocenters. The van der Waals surface area contributed by atoms with E-state index >= 15 is 0 Å². The Hall–Kier alpha value is -2.38. The second kappa shape index (κ2) is 11.8. The fourth-order valence-corrected chi connectivity index (χ4v) is 7.00. The number of rotatable bonds is 10. The largest absolute Gasteiger partial charge is 0.397 e. The highest BCUT2D eigenvalue weighted by molar-refractivity contribution is 8.44. The number of imidazole rings is 1. The molecule has 0 radical (unpaired) electrons. The third-order valence-electron chi connectivity index (χ3n) is 6.92. The van der Waals surface area contributed by atoms with Crippen LogP contribution in [0.1, 0.15) is 25.3 Å². The van der Waals surface area contributed by atoms with Crippen molar-refractivity contribution in [1.29, 1.82) is 0 Å². The molecule has 5 N–H and O–H groups in total. The predicted molar refractivity (Wildman–Crippen MR) is 156 cm³/mol. The van der Waals surface area contributed by atoms with Crippen LogP contribution >= 0.6 is 38.1 Å². The lowest BCUT2D eigenvalue weighted by Gasteiger charge is -2.23. The van der Waals surface area contributed by atoms with Gasteiger partial charge in [0.05, 0.1) is 30.7 Å². The van der Waals surface area contributed by atoms with E-state index in [1.54, 1.807) is 22.8 Å². The predicted octanol–water partition coefficient (Wildman–Crippen LogP) is 2.84. The number of fused-ring (bicyclic) bond motifs is 2. The average molecular weight is 678 g/mol. The standard InChI is InChI=1S/C21H26FN9O8P2S2/c22-10-4-17(31-12-3-1-2-11(23)18(12)28-29-31)37-14(10)6-36-41(34,43)39-13-5-16(38-15(13)7-35-40(32,33)42)30-9-27-19-20(24)25-8-26-21(19)30/h1-3,8-10,13-17H,4-7,23H2,(H,34,43)(H2,24,25,26)(H2,32,33,42)/t10-,13-,14+,15+,16+,17+,41?/m0/s1. The average Bonchev–Trinajstić information content (AvgIpc) is 3.71. The third kappa shape index (κ3) is 6.54. The first-order chi connectivity index (χ1) is 20.4. The Kier molecular flexibility index (Phi) is 8.44. The minimum absolute atomic E-state index is 0.0514. The molecule has 22 heteroatoms. The van der Waals surface area contributed by atoms with Crippen molar-refractivity contribution >= 4 is 71.8 Å². The summed E-state index contributed by atoms with van der Waals surface area (Å²) in [5.41, 5.74) is 13.9. The molecule has 0 saturated carbocycles. The zero-order valence-electron chi connectivity index (χ0n) is 21.9. The van der Waals surface area contributed by atoms with E-state index in [0.29, 0.717) is 27.9 Å². The van der Waals surface area contributed by atoms with Gasteiger partial charge < -0.3 is 25.8 Å². The maximum atomic E-state index is 15.0. The second-order valence-electron chi connectivity index (χ2n) is 9.77. The quantitative estimate of drug-likeness (QED) is 0.0924. The number of nitrogens with two attached hydrogens (primary N) is 2. The SMILES string of the molecule is Nc1ncnc2c1ncn2[C@H]1C[C@H](OP(=O)(S)OC[C@H]2O[C@@H](n3nnc4c(N)cccc43)C[C@@H]2F)[C@@H](COP(=O)(O)S)O1. The van der Waals surface area contributed by atoms with Gasteiger partial charge in [0, 0.05) is 12.8 Å². The van der Waals surface area contributed by atoms with E-state index in [0.717, 1.165) is 0 Å². The number of alkyl halides is 1. The first kappa shape index (κ1) is 30.6. The molecule has 43 heavy (non-hydrogen) atoms. The van der Waals surface area contributed by atoms with Crippen LogP contribution in [-0.2, 0) is 32.2 Å². The number of anilines is 2. The van der Waals surface area contributed by atoms with Gasteiger partial charge in [0.15, 0.2) is 17.7 Å². The van der Waals surface area contributed by atoms with Crippen molar-refractivity contribution in [3.05, 3.63) is 30.9 Å². The minimum atomic E-state index is -4.19. The van der Waals surface area contributed by atoms with Crippen molar-refractivity contribution in [3.63, 3.8) is 0 Å². The molecule has 3 aromatic heterocycles. The highest BCUT2D eigenvalue weighted by Crippen LogP contribution is 2.57. The van der Waals surface area contributed by atoms with Gasteiger partial charge in [-0.05, 0) is 12.1 Å². The van der Waals surface area contributed by atoms with Gasteiger partial charge in [0.1, 0.15) is 48.1 Å². The number of nitrogen functional groups attached to an aromatic ring is 2. The molecule has 17 nitrogen and oxygen atoms in total.